The van der Waals surface area contributed by atoms with E-state index < -0.39 is 5.41 Å². The number of urea groups is 1. The summed E-state index contributed by atoms with van der Waals surface area (Å²) < 4.78 is 14.3. The number of likely N-dealkylation sites (tertiary alicyclic amines) is 1. The molecule has 0 radical (unpaired) electrons. The van der Waals surface area contributed by atoms with Crippen LogP contribution in [0.25, 0.3) is 0 Å². The number of carbonyl (C=O) groups is 2. The van der Waals surface area contributed by atoms with Gasteiger partial charge in [0.05, 0.1) is 6.20 Å². The number of nitrogens with one attached hydrogen (secondary N) is 1. The second-order valence-corrected chi connectivity index (χ2v) is 7.92. The van der Waals surface area contributed by atoms with Gasteiger partial charge in [0.1, 0.15) is 10.2 Å². The summed E-state index contributed by atoms with van der Waals surface area (Å²) in [5.74, 6) is -0.350. The van der Waals surface area contributed by atoms with Gasteiger partial charge in [0, 0.05) is 30.7 Å². The minimum absolute atomic E-state index is 0.347. The van der Waals surface area contributed by atoms with E-state index in [9.17, 15) is 14.0 Å². The molecule has 1 unspecified atom stereocenters. The second-order valence-electron chi connectivity index (χ2n) is 6.25. The summed E-state index contributed by atoms with van der Waals surface area (Å²) in [5.41, 5.74) is 0.995. The topological polar surface area (TPSA) is 65.5 Å². The fourth-order valence-corrected chi connectivity index (χ4v) is 4.44. The lowest BCUT2D eigenvalue weighted by Crippen LogP contribution is -2.40. The molecule has 1 atom stereocenters. The number of amides is 3. The molecule has 130 valence electrons. The largest absolute Gasteiger partial charge is 0.344 e. The Bertz CT molecular complexity index is 860. The van der Waals surface area contributed by atoms with Crippen LogP contribution in [0.3, 0.4) is 0 Å². The SMILES string of the molecule is O=CN1CCC2(C1)CN(C(=O)Nc1ncc(Cl)s1)c1ccc(F)cc12. The first-order valence-electron chi connectivity index (χ1n) is 7.70. The summed E-state index contributed by atoms with van der Waals surface area (Å²) in [5, 5.41) is 3.13. The summed E-state index contributed by atoms with van der Waals surface area (Å²) >= 11 is 7.01. The number of thiazole rings is 1. The first-order chi connectivity index (χ1) is 12.0. The van der Waals surface area contributed by atoms with Crippen LogP contribution >= 0.6 is 22.9 Å². The predicted molar refractivity (Wildman–Crippen MR) is 93.8 cm³/mol. The van der Waals surface area contributed by atoms with Crippen LogP contribution in [-0.2, 0) is 10.2 Å². The zero-order valence-corrected chi connectivity index (χ0v) is 14.6. The number of halogens is 2. The zero-order valence-electron chi connectivity index (χ0n) is 13.0. The van der Waals surface area contributed by atoms with E-state index in [1.54, 1.807) is 15.9 Å². The Hall–Kier alpha value is -2.19. The number of rotatable bonds is 2. The maximum Gasteiger partial charge on any atom is 0.328 e. The Morgan fingerprint density at radius 1 is 1.44 bits per heavy atom. The van der Waals surface area contributed by atoms with Gasteiger partial charge in [0.2, 0.25) is 6.41 Å². The molecule has 4 rings (SSSR count). The van der Waals surface area contributed by atoms with E-state index >= 15 is 0 Å². The van der Waals surface area contributed by atoms with Crippen LogP contribution in [0.4, 0.5) is 20.0 Å². The highest BCUT2D eigenvalue weighted by atomic mass is 35.5. The van der Waals surface area contributed by atoms with Gasteiger partial charge in [-0.1, -0.05) is 22.9 Å². The van der Waals surface area contributed by atoms with Crippen molar-refractivity contribution < 1.29 is 14.0 Å². The maximum atomic E-state index is 13.8. The van der Waals surface area contributed by atoms with E-state index in [-0.39, 0.29) is 11.8 Å². The monoisotopic (exact) mass is 380 g/mol. The molecule has 1 fully saturated rings. The lowest BCUT2D eigenvalue weighted by Gasteiger charge is -2.24. The van der Waals surface area contributed by atoms with Crippen molar-refractivity contribution in [1.29, 1.82) is 0 Å². The van der Waals surface area contributed by atoms with Gasteiger partial charge >= 0.3 is 6.03 Å². The van der Waals surface area contributed by atoms with Crippen LogP contribution < -0.4 is 10.2 Å². The Balaban J connectivity index is 1.66. The minimum atomic E-state index is -0.434. The highest BCUT2D eigenvalue weighted by Gasteiger charge is 2.49. The minimum Gasteiger partial charge on any atom is -0.344 e. The maximum absolute atomic E-state index is 13.8. The van der Waals surface area contributed by atoms with Crippen molar-refractivity contribution in [2.75, 3.05) is 29.9 Å². The average Bonchev–Trinajstić information content (AvgIpc) is 3.27. The molecular weight excluding hydrogens is 367 g/mol. The molecule has 1 saturated heterocycles. The van der Waals surface area contributed by atoms with E-state index in [4.69, 9.17) is 11.6 Å². The highest BCUT2D eigenvalue weighted by Crippen LogP contribution is 2.46. The lowest BCUT2D eigenvalue weighted by atomic mass is 9.81. The van der Waals surface area contributed by atoms with Crippen molar-refractivity contribution in [2.24, 2.45) is 0 Å². The van der Waals surface area contributed by atoms with Crippen molar-refractivity contribution in [3.63, 3.8) is 0 Å². The van der Waals surface area contributed by atoms with Crippen molar-refractivity contribution in [1.82, 2.24) is 9.88 Å². The summed E-state index contributed by atoms with van der Waals surface area (Å²) in [4.78, 5) is 31.1. The molecule has 1 aromatic carbocycles. The fourth-order valence-electron chi connectivity index (χ4n) is 3.64. The van der Waals surface area contributed by atoms with Crippen LogP contribution in [0.1, 0.15) is 12.0 Å². The molecule has 3 amide bonds. The third-order valence-corrected chi connectivity index (χ3v) is 5.78. The lowest BCUT2D eigenvalue weighted by molar-refractivity contribution is -0.117. The molecule has 25 heavy (non-hydrogen) atoms. The molecule has 2 aromatic rings. The summed E-state index contributed by atoms with van der Waals surface area (Å²) in [6.07, 6.45) is 2.96. The third kappa shape index (κ3) is 2.75. The van der Waals surface area contributed by atoms with Gasteiger partial charge < -0.3 is 4.90 Å². The van der Waals surface area contributed by atoms with Gasteiger partial charge in [0.25, 0.3) is 0 Å². The van der Waals surface area contributed by atoms with Crippen LogP contribution in [0.15, 0.2) is 24.4 Å². The molecule has 3 heterocycles. The molecule has 1 aromatic heterocycles. The van der Waals surface area contributed by atoms with E-state index in [1.807, 2.05) is 0 Å². The number of hydrogen-bond donors (Lipinski definition) is 1. The molecule has 0 bridgehead atoms. The van der Waals surface area contributed by atoms with Crippen molar-refractivity contribution >= 4 is 46.2 Å². The van der Waals surface area contributed by atoms with E-state index in [0.29, 0.717) is 41.2 Å². The summed E-state index contributed by atoms with van der Waals surface area (Å²) in [6, 6.07) is 4.07. The van der Waals surface area contributed by atoms with Gasteiger partial charge in [-0.05, 0) is 30.2 Å². The molecule has 2 aliphatic rings. The second kappa shape index (κ2) is 5.96. The van der Waals surface area contributed by atoms with Crippen LogP contribution in [-0.4, -0.2) is 42.0 Å². The number of fused-ring (bicyclic) bond motifs is 2. The van der Waals surface area contributed by atoms with Gasteiger partial charge in [-0.25, -0.2) is 14.2 Å². The zero-order chi connectivity index (χ0) is 17.6. The Kier molecular flexibility index (Phi) is 3.88. The number of nitrogens with zero attached hydrogens (tertiary/aromatic N) is 3. The van der Waals surface area contributed by atoms with Crippen molar-refractivity contribution in [2.45, 2.75) is 11.8 Å². The molecular formula is C16H14ClFN4O2S. The molecule has 1 N–H and O–H groups in total. The first kappa shape index (κ1) is 16.3. The third-order valence-electron chi connectivity index (χ3n) is 4.75. The van der Waals surface area contributed by atoms with E-state index in [2.05, 4.69) is 10.3 Å². The first-order valence-corrected chi connectivity index (χ1v) is 8.89. The summed E-state index contributed by atoms with van der Waals surface area (Å²) in [6.45, 7) is 1.46. The molecule has 0 aliphatic carbocycles. The Labute approximate surface area is 152 Å². The molecule has 0 saturated carbocycles. The molecule has 9 heteroatoms. The van der Waals surface area contributed by atoms with Crippen molar-refractivity contribution in [3.8, 4) is 0 Å². The van der Waals surface area contributed by atoms with Gasteiger partial charge in [-0.15, -0.1) is 0 Å². The molecule has 2 aliphatic heterocycles. The normalized spacial score (nSPS) is 21.7. The summed E-state index contributed by atoms with van der Waals surface area (Å²) in [7, 11) is 0. The van der Waals surface area contributed by atoms with Crippen LogP contribution in [0, 0.1) is 5.82 Å². The number of benzene rings is 1. The number of hydrogen-bond acceptors (Lipinski definition) is 4. The van der Waals surface area contributed by atoms with Gasteiger partial charge in [-0.2, -0.15) is 0 Å². The Morgan fingerprint density at radius 3 is 2.96 bits per heavy atom. The average molecular weight is 381 g/mol. The fraction of sp³-hybridized carbons (Fsp3) is 0.312. The smallest absolute Gasteiger partial charge is 0.328 e. The van der Waals surface area contributed by atoms with E-state index in [1.165, 1.54) is 29.7 Å². The number of anilines is 2. The molecule has 6 nitrogen and oxygen atoms in total. The van der Waals surface area contributed by atoms with Crippen molar-refractivity contribution in [3.05, 3.63) is 40.1 Å². The standard InChI is InChI=1S/C16H14ClFN4O2S/c17-13-6-19-14(25-13)20-15(24)22-8-16(3-4-21(7-16)9-23)11-5-10(18)1-2-12(11)22/h1-2,5-6,9H,3-4,7-8H2,(H,19,20,24). The number of aromatic nitrogens is 1. The van der Waals surface area contributed by atoms with Crippen LogP contribution in [0.5, 0.6) is 0 Å². The van der Waals surface area contributed by atoms with Gasteiger partial charge in [-0.3, -0.25) is 15.0 Å². The Morgan fingerprint density at radius 2 is 2.28 bits per heavy atom. The molecule has 1 spiro atoms. The number of carbonyl (C=O) groups excluding carboxylic acids is 2. The van der Waals surface area contributed by atoms with Gasteiger partial charge in [0.15, 0.2) is 5.13 Å². The van der Waals surface area contributed by atoms with E-state index in [0.717, 1.165) is 12.0 Å². The van der Waals surface area contributed by atoms with Crippen LogP contribution in [0.2, 0.25) is 4.34 Å². The quantitative estimate of drug-likeness (QED) is 0.814. The highest BCUT2D eigenvalue weighted by molar-refractivity contribution is 7.19. The predicted octanol–water partition coefficient (Wildman–Crippen LogP) is 3.09.